The van der Waals surface area contributed by atoms with Crippen molar-refractivity contribution in [2.24, 2.45) is 0 Å². The monoisotopic (exact) mass is 188 g/mol. The molecule has 0 N–H and O–H groups in total. The minimum atomic E-state index is 0.789. The molecule has 0 radical (unpaired) electrons. The second-order valence-electron chi connectivity index (χ2n) is 2.71. The van der Waals surface area contributed by atoms with E-state index in [0.717, 1.165) is 11.8 Å². The molecule has 0 aliphatic heterocycles. The van der Waals surface area contributed by atoms with E-state index in [9.17, 15) is 4.79 Å². The lowest BCUT2D eigenvalue weighted by atomic mass is 10.1. The first-order valence-corrected chi connectivity index (χ1v) is 4.87. The third-order valence-corrected chi connectivity index (χ3v) is 2.74. The zero-order valence-electron chi connectivity index (χ0n) is 6.94. The molecule has 0 fully saturated rings. The highest BCUT2D eigenvalue weighted by Gasteiger charge is 1.93. The molecule has 1 nitrogen and oxygen atoms in total. The Kier molecular flexibility index (Phi) is 2.23. The molecule has 0 spiro atoms. The van der Waals surface area contributed by atoms with Crippen LogP contribution in [-0.4, -0.2) is 6.29 Å². The summed E-state index contributed by atoms with van der Waals surface area (Å²) in [5.74, 6) is 0. The maximum Gasteiger partial charge on any atom is 0.142 e. The molecule has 0 bridgehead atoms. The van der Waals surface area contributed by atoms with Crippen LogP contribution in [0.1, 0.15) is 5.56 Å². The average molecular weight is 188 g/mol. The fraction of sp³-hybridized carbons (Fsp3) is 0. The van der Waals surface area contributed by atoms with E-state index in [4.69, 9.17) is 0 Å². The van der Waals surface area contributed by atoms with Gasteiger partial charge in [-0.15, -0.1) is 11.3 Å². The third-order valence-electron chi connectivity index (χ3n) is 1.84. The molecule has 2 aromatic rings. The van der Waals surface area contributed by atoms with Gasteiger partial charge in [0.2, 0.25) is 0 Å². The highest BCUT2D eigenvalue weighted by molar-refractivity contribution is 7.17. The molecule has 0 atom stereocenters. The number of fused-ring (bicyclic) bond motifs is 1. The van der Waals surface area contributed by atoms with E-state index in [1.807, 2.05) is 12.1 Å². The average Bonchev–Trinajstić information content (AvgIpc) is 2.61. The van der Waals surface area contributed by atoms with Crippen LogP contribution in [0.5, 0.6) is 0 Å². The Morgan fingerprint density at radius 3 is 3.00 bits per heavy atom. The summed E-state index contributed by atoms with van der Waals surface area (Å²) >= 11 is 1.73. The summed E-state index contributed by atoms with van der Waals surface area (Å²) in [5.41, 5.74) is 1.07. The highest BCUT2D eigenvalue weighted by atomic mass is 32.1. The molecule has 64 valence electrons. The Hall–Kier alpha value is -1.41. The number of hydrogen-bond acceptors (Lipinski definition) is 2. The second-order valence-corrected chi connectivity index (χ2v) is 3.66. The lowest BCUT2D eigenvalue weighted by Crippen LogP contribution is -1.70. The zero-order chi connectivity index (χ0) is 9.10. The first-order valence-electron chi connectivity index (χ1n) is 3.99. The summed E-state index contributed by atoms with van der Waals surface area (Å²) in [6.07, 6.45) is 4.11. The molecule has 13 heavy (non-hydrogen) atoms. The fourth-order valence-electron chi connectivity index (χ4n) is 1.24. The van der Waals surface area contributed by atoms with Crippen LogP contribution < -0.4 is 0 Å². The van der Waals surface area contributed by atoms with Crippen LogP contribution in [0.3, 0.4) is 0 Å². The molecule has 0 saturated heterocycles. The van der Waals surface area contributed by atoms with Crippen molar-refractivity contribution in [2.75, 3.05) is 0 Å². The van der Waals surface area contributed by atoms with Gasteiger partial charge in [-0.3, -0.25) is 4.79 Å². The SMILES string of the molecule is O=C/C=C/c1ccc2sccc2c1. The largest absolute Gasteiger partial charge is 0.299 e. The Morgan fingerprint density at radius 2 is 2.15 bits per heavy atom. The predicted molar refractivity (Wildman–Crippen MR) is 56.9 cm³/mol. The number of thiophene rings is 1. The van der Waals surface area contributed by atoms with E-state index < -0.39 is 0 Å². The number of benzene rings is 1. The Morgan fingerprint density at radius 1 is 1.23 bits per heavy atom. The summed E-state index contributed by atoms with van der Waals surface area (Å²) in [5, 5.41) is 3.30. The first kappa shape index (κ1) is 8.20. The summed E-state index contributed by atoms with van der Waals surface area (Å²) < 4.78 is 1.28. The fourth-order valence-corrected chi connectivity index (χ4v) is 2.01. The van der Waals surface area contributed by atoms with Crippen molar-refractivity contribution >= 4 is 33.8 Å². The van der Waals surface area contributed by atoms with Gasteiger partial charge >= 0.3 is 0 Å². The second kappa shape index (κ2) is 3.54. The quantitative estimate of drug-likeness (QED) is 0.522. The Bertz CT molecular complexity index is 454. The Labute approximate surface area is 80.3 Å². The number of carbonyl (C=O) groups is 1. The van der Waals surface area contributed by atoms with Crippen LogP contribution >= 0.6 is 11.3 Å². The maximum absolute atomic E-state index is 10.1. The Balaban J connectivity index is 2.47. The molecule has 2 rings (SSSR count). The number of hydrogen-bond donors (Lipinski definition) is 0. The zero-order valence-corrected chi connectivity index (χ0v) is 7.75. The van der Waals surface area contributed by atoms with Crippen LogP contribution in [0.4, 0.5) is 0 Å². The van der Waals surface area contributed by atoms with E-state index >= 15 is 0 Å². The van der Waals surface area contributed by atoms with Gasteiger partial charge < -0.3 is 0 Å². The number of rotatable bonds is 2. The van der Waals surface area contributed by atoms with Gasteiger partial charge in [0.1, 0.15) is 6.29 Å². The minimum absolute atomic E-state index is 0.789. The molecular formula is C11H8OS. The van der Waals surface area contributed by atoms with Gasteiger partial charge in [-0.2, -0.15) is 0 Å². The lowest BCUT2D eigenvalue weighted by molar-refractivity contribution is -0.104. The summed E-state index contributed by atoms with van der Waals surface area (Å²) in [6, 6.07) is 8.24. The molecule has 0 aliphatic rings. The van der Waals surface area contributed by atoms with E-state index in [1.165, 1.54) is 16.2 Å². The van der Waals surface area contributed by atoms with Gasteiger partial charge in [0.05, 0.1) is 0 Å². The minimum Gasteiger partial charge on any atom is -0.299 e. The van der Waals surface area contributed by atoms with Gasteiger partial charge in [0.15, 0.2) is 0 Å². The van der Waals surface area contributed by atoms with Crippen LogP contribution in [0.25, 0.3) is 16.2 Å². The van der Waals surface area contributed by atoms with E-state index in [2.05, 4.69) is 23.6 Å². The van der Waals surface area contributed by atoms with Crippen molar-refractivity contribution in [1.82, 2.24) is 0 Å². The molecular weight excluding hydrogens is 180 g/mol. The first-order chi connectivity index (χ1) is 6.40. The van der Waals surface area contributed by atoms with Crippen molar-refractivity contribution in [3.8, 4) is 0 Å². The van der Waals surface area contributed by atoms with Gasteiger partial charge in [-0.05, 0) is 40.6 Å². The van der Waals surface area contributed by atoms with E-state index in [-0.39, 0.29) is 0 Å². The van der Waals surface area contributed by atoms with Crippen LogP contribution in [0.2, 0.25) is 0 Å². The van der Waals surface area contributed by atoms with Crippen LogP contribution in [0.15, 0.2) is 35.7 Å². The normalized spacial score (nSPS) is 11.1. The predicted octanol–water partition coefficient (Wildman–Crippen LogP) is 3.11. The van der Waals surface area contributed by atoms with Crippen LogP contribution in [-0.2, 0) is 4.79 Å². The summed E-state index contributed by atoms with van der Waals surface area (Å²) in [4.78, 5) is 10.1. The summed E-state index contributed by atoms with van der Waals surface area (Å²) in [6.45, 7) is 0. The van der Waals surface area contributed by atoms with E-state index in [0.29, 0.717) is 0 Å². The number of allylic oxidation sites excluding steroid dienone is 1. The molecule has 1 aromatic carbocycles. The molecule has 0 unspecified atom stereocenters. The summed E-state index contributed by atoms with van der Waals surface area (Å²) in [7, 11) is 0. The molecule has 0 aliphatic carbocycles. The van der Waals surface area contributed by atoms with Crippen molar-refractivity contribution in [1.29, 1.82) is 0 Å². The van der Waals surface area contributed by atoms with Gasteiger partial charge in [-0.25, -0.2) is 0 Å². The van der Waals surface area contributed by atoms with Crippen LogP contribution in [0, 0.1) is 0 Å². The van der Waals surface area contributed by atoms with Gasteiger partial charge in [0.25, 0.3) is 0 Å². The van der Waals surface area contributed by atoms with Crippen molar-refractivity contribution in [3.63, 3.8) is 0 Å². The van der Waals surface area contributed by atoms with Gasteiger partial charge in [-0.1, -0.05) is 12.1 Å². The van der Waals surface area contributed by atoms with E-state index in [1.54, 1.807) is 11.3 Å². The molecule has 1 heterocycles. The highest BCUT2D eigenvalue weighted by Crippen LogP contribution is 2.22. The molecule has 1 aromatic heterocycles. The molecule has 2 heteroatoms. The standard InChI is InChI=1S/C11H8OS/c12-6-1-2-9-3-4-11-10(8-9)5-7-13-11/h1-8H/b2-1+. The smallest absolute Gasteiger partial charge is 0.142 e. The molecule has 0 amide bonds. The third kappa shape index (κ3) is 1.68. The van der Waals surface area contributed by atoms with Crippen molar-refractivity contribution < 1.29 is 4.79 Å². The number of carbonyl (C=O) groups excluding carboxylic acids is 1. The topological polar surface area (TPSA) is 17.1 Å². The van der Waals surface area contributed by atoms with Crippen molar-refractivity contribution in [3.05, 3.63) is 41.3 Å². The lowest BCUT2D eigenvalue weighted by Gasteiger charge is -1.92. The maximum atomic E-state index is 10.1. The molecule has 0 saturated carbocycles. The number of aldehydes is 1. The van der Waals surface area contributed by atoms with Gasteiger partial charge in [0, 0.05) is 4.70 Å². The van der Waals surface area contributed by atoms with Crippen molar-refractivity contribution in [2.45, 2.75) is 0 Å².